The predicted octanol–water partition coefficient (Wildman–Crippen LogP) is 3.03. The molecule has 0 spiro atoms. The average Bonchev–Trinajstić information content (AvgIpc) is 2.38. The maximum Gasteiger partial charge on any atom is 0.0315 e. The van der Waals surface area contributed by atoms with E-state index in [0.29, 0.717) is 0 Å². The first-order chi connectivity index (χ1) is 8.77. The normalized spacial score (nSPS) is 10.6. The highest BCUT2D eigenvalue weighted by Crippen LogP contribution is 2.07. The van der Waals surface area contributed by atoms with Gasteiger partial charge in [-0.25, -0.2) is 0 Å². The molecule has 1 aromatic carbocycles. The van der Waals surface area contributed by atoms with E-state index in [-0.39, 0.29) is 0 Å². The Morgan fingerprint density at radius 1 is 1.00 bits per heavy atom. The first kappa shape index (κ1) is 12.8. The van der Waals surface area contributed by atoms with Gasteiger partial charge < -0.3 is 5.32 Å². The van der Waals surface area contributed by atoms with Crippen LogP contribution in [-0.2, 0) is 13.0 Å². The van der Waals surface area contributed by atoms with Crippen LogP contribution in [0.4, 0.5) is 0 Å². The molecule has 0 aliphatic carbocycles. The van der Waals surface area contributed by atoms with Crippen LogP contribution in [0.25, 0.3) is 0 Å². The topological polar surface area (TPSA) is 24.9 Å². The summed E-state index contributed by atoms with van der Waals surface area (Å²) >= 11 is 0. The Morgan fingerprint density at radius 3 is 2.56 bits per heavy atom. The molecule has 0 aliphatic rings. The minimum absolute atomic E-state index is 0.894. The van der Waals surface area contributed by atoms with Crippen molar-refractivity contribution in [3.05, 3.63) is 65.0 Å². The molecule has 0 fully saturated rings. The van der Waals surface area contributed by atoms with E-state index < -0.39 is 0 Å². The van der Waals surface area contributed by atoms with E-state index in [9.17, 15) is 0 Å². The third-order valence-electron chi connectivity index (χ3n) is 3.30. The summed E-state index contributed by atoms with van der Waals surface area (Å²) in [5.41, 5.74) is 5.38. The Labute approximate surface area is 109 Å². The summed E-state index contributed by atoms with van der Waals surface area (Å²) in [5, 5.41) is 3.48. The van der Waals surface area contributed by atoms with Gasteiger partial charge in [0, 0.05) is 18.9 Å². The Balaban J connectivity index is 1.80. The smallest absolute Gasteiger partial charge is 0.0315 e. The molecule has 0 atom stereocenters. The Bertz CT molecular complexity index is 458. The van der Waals surface area contributed by atoms with Crippen molar-refractivity contribution in [2.75, 3.05) is 6.54 Å². The first-order valence-corrected chi connectivity index (χ1v) is 6.42. The monoisotopic (exact) mass is 240 g/mol. The zero-order valence-electron chi connectivity index (χ0n) is 11.1. The molecule has 18 heavy (non-hydrogen) atoms. The van der Waals surface area contributed by atoms with Gasteiger partial charge in [0.05, 0.1) is 0 Å². The van der Waals surface area contributed by atoms with E-state index in [1.165, 1.54) is 22.3 Å². The van der Waals surface area contributed by atoms with Gasteiger partial charge in [0.25, 0.3) is 0 Å². The van der Waals surface area contributed by atoms with E-state index in [1.807, 2.05) is 12.4 Å². The zero-order chi connectivity index (χ0) is 12.8. The van der Waals surface area contributed by atoms with E-state index >= 15 is 0 Å². The molecule has 0 saturated heterocycles. The number of rotatable bonds is 5. The number of benzene rings is 1. The van der Waals surface area contributed by atoms with E-state index in [1.54, 1.807) is 0 Å². The standard InChI is InChI=1S/C16H20N2/c1-13-5-3-4-6-15(13)8-10-18-12-16-11-17-9-7-14(16)2/h3-7,9,11,18H,8,10,12H2,1-2H3. The summed E-state index contributed by atoms with van der Waals surface area (Å²) in [7, 11) is 0. The minimum atomic E-state index is 0.894. The van der Waals surface area contributed by atoms with Gasteiger partial charge in [-0.2, -0.15) is 0 Å². The molecule has 0 saturated carbocycles. The number of hydrogen-bond donors (Lipinski definition) is 1. The van der Waals surface area contributed by atoms with Gasteiger partial charge in [-0.3, -0.25) is 4.98 Å². The predicted molar refractivity (Wildman–Crippen MR) is 75.6 cm³/mol. The van der Waals surface area contributed by atoms with Gasteiger partial charge in [0.2, 0.25) is 0 Å². The van der Waals surface area contributed by atoms with Gasteiger partial charge in [0.15, 0.2) is 0 Å². The third-order valence-corrected chi connectivity index (χ3v) is 3.30. The molecule has 1 heterocycles. The summed E-state index contributed by atoms with van der Waals surface area (Å²) in [6.07, 6.45) is 4.86. The van der Waals surface area contributed by atoms with Crippen LogP contribution in [0.5, 0.6) is 0 Å². The molecule has 0 unspecified atom stereocenters. The Hall–Kier alpha value is -1.67. The summed E-state index contributed by atoms with van der Waals surface area (Å²) in [4.78, 5) is 4.16. The summed E-state index contributed by atoms with van der Waals surface area (Å²) in [6.45, 7) is 6.19. The van der Waals surface area contributed by atoms with Crippen LogP contribution in [-0.4, -0.2) is 11.5 Å². The molecule has 0 aliphatic heterocycles. The SMILES string of the molecule is Cc1ccccc1CCNCc1cnccc1C. The van der Waals surface area contributed by atoms with Crippen molar-refractivity contribution in [3.8, 4) is 0 Å². The van der Waals surface area contributed by atoms with Crippen LogP contribution in [0, 0.1) is 13.8 Å². The molecule has 1 aromatic heterocycles. The number of hydrogen-bond acceptors (Lipinski definition) is 2. The Kier molecular flexibility index (Phi) is 4.48. The quantitative estimate of drug-likeness (QED) is 0.813. The van der Waals surface area contributed by atoms with Crippen LogP contribution in [0.3, 0.4) is 0 Å². The van der Waals surface area contributed by atoms with Crippen LogP contribution >= 0.6 is 0 Å². The lowest BCUT2D eigenvalue weighted by Crippen LogP contribution is -2.17. The van der Waals surface area contributed by atoms with E-state index in [0.717, 1.165) is 19.5 Å². The van der Waals surface area contributed by atoms with Crippen LogP contribution < -0.4 is 5.32 Å². The number of pyridine rings is 1. The fourth-order valence-corrected chi connectivity index (χ4v) is 2.02. The lowest BCUT2D eigenvalue weighted by atomic mass is 10.1. The van der Waals surface area contributed by atoms with Gasteiger partial charge >= 0.3 is 0 Å². The Morgan fingerprint density at radius 2 is 1.78 bits per heavy atom. The maximum atomic E-state index is 4.16. The first-order valence-electron chi connectivity index (χ1n) is 6.42. The summed E-state index contributed by atoms with van der Waals surface area (Å²) < 4.78 is 0. The van der Waals surface area contributed by atoms with Crippen molar-refractivity contribution in [2.45, 2.75) is 26.8 Å². The average molecular weight is 240 g/mol. The number of aromatic nitrogens is 1. The van der Waals surface area contributed by atoms with Crippen molar-refractivity contribution in [1.29, 1.82) is 0 Å². The van der Waals surface area contributed by atoms with Crippen molar-refractivity contribution >= 4 is 0 Å². The van der Waals surface area contributed by atoms with Crippen LogP contribution in [0.2, 0.25) is 0 Å². The van der Waals surface area contributed by atoms with Crippen molar-refractivity contribution < 1.29 is 0 Å². The fourth-order valence-electron chi connectivity index (χ4n) is 2.02. The second-order valence-electron chi connectivity index (χ2n) is 4.66. The highest BCUT2D eigenvalue weighted by atomic mass is 14.8. The molecule has 0 radical (unpaired) electrons. The van der Waals surface area contributed by atoms with Crippen molar-refractivity contribution in [1.82, 2.24) is 10.3 Å². The molecular formula is C16H20N2. The maximum absolute atomic E-state index is 4.16. The highest BCUT2D eigenvalue weighted by Gasteiger charge is 1.99. The molecule has 0 bridgehead atoms. The van der Waals surface area contributed by atoms with Gasteiger partial charge in [0.1, 0.15) is 0 Å². The molecule has 1 N–H and O–H groups in total. The van der Waals surface area contributed by atoms with E-state index in [2.05, 4.69) is 54.5 Å². The number of nitrogens with one attached hydrogen (secondary N) is 1. The molecule has 2 rings (SSSR count). The van der Waals surface area contributed by atoms with Crippen molar-refractivity contribution in [2.24, 2.45) is 0 Å². The third kappa shape index (κ3) is 3.41. The number of nitrogens with zero attached hydrogens (tertiary/aromatic N) is 1. The molecule has 2 heteroatoms. The number of aryl methyl sites for hydroxylation is 2. The second kappa shape index (κ2) is 6.31. The summed E-state index contributed by atoms with van der Waals surface area (Å²) in [5.74, 6) is 0. The fraction of sp³-hybridized carbons (Fsp3) is 0.312. The lowest BCUT2D eigenvalue weighted by Gasteiger charge is -2.08. The van der Waals surface area contributed by atoms with Crippen LogP contribution in [0.1, 0.15) is 22.3 Å². The second-order valence-corrected chi connectivity index (χ2v) is 4.66. The molecule has 0 amide bonds. The molecule has 2 nitrogen and oxygen atoms in total. The van der Waals surface area contributed by atoms with Gasteiger partial charge in [-0.1, -0.05) is 24.3 Å². The minimum Gasteiger partial charge on any atom is -0.312 e. The van der Waals surface area contributed by atoms with Crippen LogP contribution in [0.15, 0.2) is 42.7 Å². The largest absolute Gasteiger partial charge is 0.312 e. The zero-order valence-corrected chi connectivity index (χ0v) is 11.1. The van der Waals surface area contributed by atoms with Gasteiger partial charge in [-0.15, -0.1) is 0 Å². The highest BCUT2D eigenvalue weighted by molar-refractivity contribution is 5.26. The molecule has 94 valence electrons. The van der Waals surface area contributed by atoms with E-state index in [4.69, 9.17) is 0 Å². The molecular weight excluding hydrogens is 220 g/mol. The summed E-state index contributed by atoms with van der Waals surface area (Å²) in [6, 6.07) is 10.6. The van der Waals surface area contributed by atoms with Crippen molar-refractivity contribution in [3.63, 3.8) is 0 Å². The molecule has 2 aromatic rings. The lowest BCUT2D eigenvalue weighted by molar-refractivity contribution is 0.681. The van der Waals surface area contributed by atoms with Gasteiger partial charge in [-0.05, 0) is 55.1 Å².